The number of hydrogen-bond acceptors (Lipinski definition) is 1. The molecule has 3 heteroatoms. The molecule has 0 aromatic carbocycles. The second kappa shape index (κ2) is 2.05. The molecule has 0 bridgehead atoms. The van der Waals surface area contributed by atoms with Crippen LogP contribution in [-0.4, -0.2) is 4.70 Å². The van der Waals surface area contributed by atoms with Crippen LogP contribution in [0.2, 0.25) is 0 Å². The Morgan fingerprint density at radius 3 is 2.67 bits per heavy atom. The van der Waals surface area contributed by atoms with Gasteiger partial charge in [-0.2, -0.15) is 0 Å². The van der Waals surface area contributed by atoms with Gasteiger partial charge in [0.2, 0.25) is 0 Å². The van der Waals surface area contributed by atoms with Crippen LogP contribution in [0, 0.1) is 0 Å². The smallest absolute Gasteiger partial charge is 0.0173 e. The van der Waals surface area contributed by atoms with Crippen molar-refractivity contribution in [3.63, 3.8) is 0 Å². The molecular weight excluding hydrogens is 136 g/mol. The fourth-order valence-electron chi connectivity index (χ4n) is 0.202. The number of rotatable bonds is 0. The zero-order valence-corrected chi connectivity index (χ0v) is 5.32. The average Bonchev–Trinajstić information content (AvgIpc) is 1.86. The van der Waals surface area contributed by atoms with Crippen LogP contribution in [0.3, 0.4) is 0 Å². The normalized spacial score (nSPS) is 30.5. The molecule has 0 fully saturated rings. The van der Waals surface area contributed by atoms with E-state index in [9.17, 15) is 0 Å². The molecule has 1 aliphatic heterocycles. The van der Waals surface area contributed by atoms with E-state index in [1.54, 1.807) is 11.8 Å². The SMILES string of the molecule is ClS1=CSC=C1. The lowest BCUT2D eigenvalue weighted by atomic mass is 11.3. The summed E-state index contributed by atoms with van der Waals surface area (Å²) >= 11 is 1.66. The molecular formula is C3H3ClS2. The third-order valence-corrected chi connectivity index (χ3v) is 3.42. The van der Waals surface area contributed by atoms with Crippen LogP contribution in [0.25, 0.3) is 0 Å². The predicted octanol–water partition coefficient (Wildman–Crippen LogP) is 2.39. The van der Waals surface area contributed by atoms with Crippen molar-refractivity contribution in [1.29, 1.82) is 0 Å². The topological polar surface area (TPSA) is 0 Å². The Hall–Kier alpha value is 0.600. The molecule has 0 aromatic heterocycles. The largest absolute Gasteiger partial charge is 0.0979 e. The molecule has 0 radical (unpaired) electrons. The van der Waals surface area contributed by atoms with Gasteiger partial charge in [-0.05, 0) is 21.5 Å². The number of halogens is 1. The zero-order valence-electron chi connectivity index (χ0n) is 2.93. The Morgan fingerprint density at radius 2 is 2.50 bits per heavy atom. The van der Waals surface area contributed by atoms with E-state index in [1.165, 1.54) is 0 Å². The van der Waals surface area contributed by atoms with E-state index >= 15 is 0 Å². The van der Waals surface area contributed by atoms with Crippen molar-refractivity contribution in [2.24, 2.45) is 0 Å². The molecule has 0 aliphatic carbocycles. The molecule has 1 rings (SSSR count). The summed E-state index contributed by atoms with van der Waals surface area (Å²) in [7, 11) is 5.53. The highest BCUT2D eigenvalue weighted by molar-refractivity contribution is 8.47. The van der Waals surface area contributed by atoms with Gasteiger partial charge >= 0.3 is 0 Å². The first kappa shape index (κ1) is 4.75. The lowest BCUT2D eigenvalue weighted by Crippen LogP contribution is -1.37. The predicted molar refractivity (Wildman–Crippen MR) is 36.2 cm³/mol. The van der Waals surface area contributed by atoms with Crippen LogP contribution in [0.1, 0.15) is 0 Å². The summed E-state index contributed by atoms with van der Waals surface area (Å²) in [5, 5.41) is 3.97. The highest BCUT2D eigenvalue weighted by Crippen LogP contribution is 2.29. The highest BCUT2D eigenvalue weighted by atomic mass is 35.7. The summed E-state index contributed by atoms with van der Waals surface area (Å²) in [4.78, 5) is 0. The van der Waals surface area contributed by atoms with Crippen LogP contribution in [0.4, 0.5) is 0 Å². The van der Waals surface area contributed by atoms with Crippen LogP contribution < -0.4 is 0 Å². The minimum absolute atomic E-state index is 0.0432. The van der Waals surface area contributed by atoms with E-state index in [0.29, 0.717) is 0 Å². The Balaban J connectivity index is 2.68. The van der Waals surface area contributed by atoms with Gasteiger partial charge in [0, 0.05) is 4.70 Å². The number of hydrogen-bond donors (Lipinski definition) is 0. The summed E-state index contributed by atoms with van der Waals surface area (Å²) in [6.07, 6.45) is 0. The van der Waals surface area contributed by atoms with Gasteiger partial charge in [-0.3, -0.25) is 0 Å². The summed E-state index contributed by atoms with van der Waals surface area (Å²) in [6, 6.07) is 0. The zero-order chi connectivity index (χ0) is 4.41. The lowest BCUT2D eigenvalue weighted by Gasteiger charge is -1.71. The van der Waals surface area contributed by atoms with Gasteiger partial charge in [-0.25, -0.2) is 0 Å². The maximum absolute atomic E-state index is 5.58. The molecule has 1 atom stereocenters. The molecule has 0 saturated heterocycles. The van der Waals surface area contributed by atoms with Crippen LogP contribution in [-0.2, 0) is 0 Å². The van der Waals surface area contributed by atoms with Gasteiger partial charge in [0.15, 0.2) is 0 Å². The second-order valence-electron chi connectivity index (χ2n) is 0.819. The highest BCUT2D eigenvalue weighted by Gasteiger charge is 1.86. The van der Waals surface area contributed by atoms with Crippen LogP contribution in [0.15, 0.2) is 10.8 Å². The summed E-state index contributed by atoms with van der Waals surface area (Å²) in [5.74, 6) is 0. The Bertz CT molecular complexity index is 103. The lowest BCUT2D eigenvalue weighted by molar-refractivity contribution is 2.60. The van der Waals surface area contributed by atoms with Crippen molar-refractivity contribution in [2.75, 3.05) is 0 Å². The minimum atomic E-state index is -0.0432. The Kier molecular flexibility index (Phi) is 1.62. The fraction of sp³-hybridized carbons (Fsp3) is 0. The van der Waals surface area contributed by atoms with Gasteiger partial charge in [0.25, 0.3) is 0 Å². The third-order valence-electron chi connectivity index (χ3n) is 0.412. The van der Waals surface area contributed by atoms with Crippen molar-refractivity contribution >= 4 is 36.8 Å². The van der Waals surface area contributed by atoms with Gasteiger partial charge < -0.3 is 0 Å². The van der Waals surface area contributed by atoms with E-state index in [2.05, 4.69) is 0 Å². The van der Waals surface area contributed by atoms with Gasteiger partial charge in [0.05, 0.1) is 0 Å². The van der Waals surface area contributed by atoms with Gasteiger partial charge in [0.1, 0.15) is 0 Å². The molecule has 6 heavy (non-hydrogen) atoms. The molecule has 0 N–H and O–H groups in total. The molecule has 34 valence electrons. The van der Waals surface area contributed by atoms with Crippen molar-refractivity contribution < 1.29 is 0 Å². The quantitative estimate of drug-likeness (QED) is 0.464. The van der Waals surface area contributed by atoms with E-state index < -0.39 is 0 Å². The Labute approximate surface area is 48.0 Å². The van der Waals surface area contributed by atoms with E-state index in [-0.39, 0.29) is 9.70 Å². The molecule has 0 nitrogen and oxygen atoms in total. The fourth-order valence-corrected chi connectivity index (χ4v) is 2.58. The minimum Gasteiger partial charge on any atom is -0.0979 e. The first-order chi connectivity index (χ1) is 2.89. The molecule has 1 unspecified atom stereocenters. The third kappa shape index (κ3) is 1.03. The van der Waals surface area contributed by atoms with Gasteiger partial charge in [-0.1, -0.05) is 21.5 Å². The van der Waals surface area contributed by atoms with Crippen LogP contribution in [0.5, 0.6) is 0 Å². The summed E-state index contributed by atoms with van der Waals surface area (Å²) in [6.45, 7) is 0. The molecule has 1 heterocycles. The summed E-state index contributed by atoms with van der Waals surface area (Å²) < 4.78 is 2.00. The van der Waals surface area contributed by atoms with E-state index in [1.807, 2.05) is 15.5 Å². The standard InChI is InChI=1S/C3H3ClS2/c4-6-2-1-5-3-6/h1-3H. The van der Waals surface area contributed by atoms with Crippen molar-refractivity contribution in [3.05, 3.63) is 10.8 Å². The molecule has 0 saturated carbocycles. The summed E-state index contributed by atoms with van der Waals surface area (Å²) in [5.41, 5.74) is 0. The monoisotopic (exact) mass is 138 g/mol. The average molecular weight is 139 g/mol. The second-order valence-corrected chi connectivity index (χ2v) is 4.10. The van der Waals surface area contributed by atoms with Crippen molar-refractivity contribution in [3.8, 4) is 0 Å². The first-order valence-corrected chi connectivity index (χ1v) is 4.55. The van der Waals surface area contributed by atoms with Crippen molar-refractivity contribution in [1.82, 2.24) is 0 Å². The van der Waals surface area contributed by atoms with Crippen molar-refractivity contribution in [2.45, 2.75) is 0 Å². The first-order valence-electron chi connectivity index (χ1n) is 1.43. The molecule has 1 aliphatic rings. The van der Waals surface area contributed by atoms with E-state index in [0.717, 1.165) is 0 Å². The van der Waals surface area contributed by atoms with Crippen LogP contribution >= 0.6 is 32.1 Å². The maximum atomic E-state index is 5.58. The Morgan fingerprint density at radius 1 is 1.67 bits per heavy atom. The molecule has 0 aromatic rings. The molecule has 0 spiro atoms. The maximum Gasteiger partial charge on any atom is 0.0173 e. The number of thioether (sulfide) groups is 1. The van der Waals surface area contributed by atoms with E-state index in [4.69, 9.17) is 10.7 Å². The molecule has 0 amide bonds. The van der Waals surface area contributed by atoms with Gasteiger partial charge in [-0.15, -0.1) is 0 Å².